The van der Waals surface area contributed by atoms with Crippen molar-refractivity contribution in [2.75, 3.05) is 20.3 Å². The largest absolute Gasteiger partial charge is 0.463 e. The molecule has 0 saturated carbocycles. The molecular weight excluding hydrogens is 164 g/mol. The monoisotopic (exact) mass is 174 g/mol. The first-order valence-corrected chi connectivity index (χ1v) is 3.59. The second-order valence-electron chi connectivity index (χ2n) is 2.37. The van der Waals surface area contributed by atoms with Crippen LogP contribution in [0.3, 0.4) is 0 Å². The number of rotatable bonds is 3. The van der Waals surface area contributed by atoms with Crippen LogP contribution in [0.5, 0.6) is 0 Å². The van der Waals surface area contributed by atoms with Gasteiger partial charge in [0, 0.05) is 13.5 Å². The van der Waals surface area contributed by atoms with Crippen molar-refractivity contribution in [1.82, 2.24) is 0 Å². The lowest BCUT2D eigenvalue weighted by atomic mass is 10.3. The van der Waals surface area contributed by atoms with Gasteiger partial charge in [0.25, 0.3) is 0 Å². The Kier molecular flexibility index (Phi) is 3.04. The molecule has 1 saturated heterocycles. The maximum Gasteiger partial charge on any atom is 0.347 e. The molecule has 0 N–H and O–H groups in total. The van der Waals surface area contributed by atoms with E-state index >= 15 is 0 Å². The molecule has 0 aromatic rings. The summed E-state index contributed by atoms with van der Waals surface area (Å²) in [6.45, 7) is 0.188. The lowest BCUT2D eigenvalue weighted by Crippen LogP contribution is -2.24. The third kappa shape index (κ3) is 2.20. The summed E-state index contributed by atoms with van der Waals surface area (Å²) in [5, 5.41) is 0. The van der Waals surface area contributed by atoms with Gasteiger partial charge in [0.05, 0.1) is 6.61 Å². The van der Waals surface area contributed by atoms with Gasteiger partial charge in [0.1, 0.15) is 6.61 Å². The molecule has 0 aromatic heterocycles. The quantitative estimate of drug-likeness (QED) is 0.539. The van der Waals surface area contributed by atoms with Gasteiger partial charge >= 0.3 is 11.9 Å². The summed E-state index contributed by atoms with van der Waals surface area (Å²) in [4.78, 5) is 21.6. The van der Waals surface area contributed by atoms with E-state index in [-0.39, 0.29) is 6.61 Å². The van der Waals surface area contributed by atoms with Crippen LogP contribution < -0.4 is 0 Å². The molecule has 1 atom stereocenters. The molecule has 1 rings (SSSR count). The number of hydrogen-bond donors (Lipinski definition) is 0. The molecule has 0 bridgehead atoms. The number of methoxy groups -OCH3 is 1. The molecule has 0 aromatic carbocycles. The third-order valence-electron chi connectivity index (χ3n) is 1.42. The molecular formula is C7H10O5. The number of carbonyl (C=O) groups excluding carboxylic acids is 2. The lowest BCUT2D eigenvalue weighted by Gasteiger charge is -2.06. The fourth-order valence-corrected chi connectivity index (χ4v) is 0.895. The van der Waals surface area contributed by atoms with E-state index in [1.807, 2.05) is 0 Å². The minimum atomic E-state index is -0.729. The Hall–Kier alpha value is -1.10. The zero-order valence-electron chi connectivity index (χ0n) is 6.74. The Bertz CT molecular complexity index is 188. The van der Waals surface area contributed by atoms with E-state index in [2.05, 4.69) is 9.47 Å². The number of cyclic esters (lactones) is 1. The molecule has 12 heavy (non-hydrogen) atoms. The van der Waals surface area contributed by atoms with Crippen molar-refractivity contribution < 1.29 is 23.8 Å². The topological polar surface area (TPSA) is 61.8 Å². The molecule has 0 radical (unpaired) electrons. The first kappa shape index (κ1) is 8.99. The normalized spacial score (nSPS) is 22.1. The van der Waals surface area contributed by atoms with Gasteiger partial charge in [-0.1, -0.05) is 0 Å². The molecule has 1 heterocycles. The summed E-state index contributed by atoms with van der Waals surface area (Å²) in [5.41, 5.74) is 0. The Morgan fingerprint density at radius 3 is 3.00 bits per heavy atom. The van der Waals surface area contributed by atoms with Crippen molar-refractivity contribution in [1.29, 1.82) is 0 Å². The fraction of sp³-hybridized carbons (Fsp3) is 0.714. The summed E-state index contributed by atoms with van der Waals surface area (Å²) in [6.07, 6.45) is -0.290. The van der Waals surface area contributed by atoms with Gasteiger partial charge in [-0.15, -0.1) is 0 Å². The van der Waals surface area contributed by atoms with Gasteiger partial charge in [0.2, 0.25) is 6.10 Å². The van der Waals surface area contributed by atoms with Gasteiger partial charge in [-0.25, -0.2) is 9.59 Å². The molecule has 1 fully saturated rings. The van der Waals surface area contributed by atoms with Crippen molar-refractivity contribution in [3.8, 4) is 0 Å². The van der Waals surface area contributed by atoms with E-state index < -0.39 is 18.0 Å². The van der Waals surface area contributed by atoms with E-state index in [1.54, 1.807) is 0 Å². The zero-order chi connectivity index (χ0) is 8.97. The Morgan fingerprint density at radius 1 is 1.75 bits per heavy atom. The highest BCUT2D eigenvalue weighted by Gasteiger charge is 2.29. The summed E-state index contributed by atoms with van der Waals surface area (Å²) in [6, 6.07) is 0. The molecule has 1 unspecified atom stereocenters. The second kappa shape index (κ2) is 4.06. The van der Waals surface area contributed by atoms with Gasteiger partial charge in [0.15, 0.2) is 0 Å². The summed E-state index contributed by atoms with van der Waals surface area (Å²) in [5.74, 6) is -1.01. The van der Waals surface area contributed by atoms with Crippen LogP contribution in [0, 0.1) is 0 Å². The molecule has 5 nitrogen and oxygen atoms in total. The average Bonchev–Trinajstić information content (AvgIpc) is 2.37. The van der Waals surface area contributed by atoms with E-state index in [4.69, 9.17) is 4.74 Å². The predicted molar refractivity (Wildman–Crippen MR) is 37.3 cm³/mol. The van der Waals surface area contributed by atoms with Crippen molar-refractivity contribution >= 4 is 11.9 Å². The zero-order valence-corrected chi connectivity index (χ0v) is 6.74. The maximum atomic E-state index is 10.8. The SMILES string of the molecule is COCC(=O)OC1CCOC1=O. The molecule has 0 amide bonds. The van der Waals surface area contributed by atoms with Crippen LogP contribution >= 0.6 is 0 Å². The second-order valence-corrected chi connectivity index (χ2v) is 2.37. The molecule has 0 spiro atoms. The van der Waals surface area contributed by atoms with Crippen LogP contribution in [-0.2, 0) is 23.8 Å². The summed E-state index contributed by atoms with van der Waals surface area (Å²) < 4.78 is 13.8. The van der Waals surface area contributed by atoms with Gasteiger partial charge in [-0.3, -0.25) is 0 Å². The standard InChI is InChI=1S/C7H10O5/c1-10-4-6(8)12-5-2-3-11-7(5)9/h5H,2-4H2,1H3. The minimum Gasteiger partial charge on any atom is -0.463 e. The Labute approximate surface area is 69.6 Å². The number of hydrogen-bond acceptors (Lipinski definition) is 5. The number of ether oxygens (including phenoxy) is 3. The van der Waals surface area contributed by atoms with Gasteiger partial charge in [-0.2, -0.15) is 0 Å². The highest BCUT2D eigenvalue weighted by Crippen LogP contribution is 2.09. The van der Waals surface area contributed by atoms with Crippen molar-refractivity contribution in [3.63, 3.8) is 0 Å². The van der Waals surface area contributed by atoms with Crippen LogP contribution in [0.1, 0.15) is 6.42 Å². The van der Waals surface area contributed by atoms with E-state index in [0.717, 1.165) is 0 Å². The van der Waals surface area contributed by atoms with E-state index in [0.29, 0.717) is 13.0 Å². The van der Waals surface area contributed by atoms with Crippen LogP contribution in [0.2, 0.25) is 0 Å². The van der Waals surface area contributed by atoms with Crippen LogP contribution in [0.25, 0.3) is 0 Å². The first-order valence-electron chi connectivity index (χ1n) is 3.59. The van der Waals surface area contributed by atoms with Gasteiger partial charge < -0.3 is 14.2 Å². The molecule has 1 aliphatic rings. The number of esters is 2. The third-order valence-corrected chi connectivity index (χ3v) is 1.42. The van der Waals surface area contributed by atoms with E-state index in [1.165, 1.54) is 7.11 Å². The molecule has 68 valence electrons. The van der Waals surface area contributed by atoms with Crippen molar-refractivity contribution in [2.45, 2.75) is 12.5 Å². The van der Waals surface area contributed by atoms with Crippen LogP contribution in [-0.4, -0.2) is 38.4 Å². The summed E-state index contributed by atoms with van der Waals surface area (Å²) >= 11 is 0. The van der Waals surface area contributed by atoms with Crippen LogP contribution in [0.4, 0.5) is 0 Å². The minimum absolute atomic E-state index is 0.135. The van der Waals surface area contributed by atoms with Crippen molar-refractivity contribution in [2.24, 2.45) is 0 Å². The summed E-state index contributed by atoms with van der Waals surface area (Å²) in [7, 11) is 1.38. The Balaban J connectivity index is 2.30. The van der Waals surface area contributed by atoms with E-state index in [9.17, 15) is 9.59 Å². The number of carbonyl (C=O) groups is 2. The predicted octanol–water partition coefficient (Wildman–Crippen LogP) is -0.508. The fourth-order valence-electron chi connectivity index (χ4n) is 0.895. The van der Waals surface area contributed by atoms with Gasteiger partial charge in [-0.05, 0) is 0 Å². The van der Waals surface area contributed by atoms with Crippen molar-refractivity contribution in [3.05, 3.63) is 0 Å². The molecule has 5 heteroatoms. The first-order chi connectivity index (χ1) is 5.74. The molecule has 0 aliphatic carbocycles. The van der Waals surface area contributed by atoms with Crippen LogP contribution in [0.15, 0.2) is 0 Å². The smallest absolute Gasteiger partial charge is 0.347 e. The highest BCUT2D eigenvalue weighted by molar-refractivity contribution is 5.80. The Morgan fingerprint density at radius 2 is 2.50 bits per heavy atom. The lowest BCUT2D eigenvalue weighted by molar-refractivity contribution is -0.162. The average molecular weight is 174 g/mol. The highest BCUT2D eigenvalue weighted by atomic mass is 16.6. The molecule has 1 aliphatic heterocycles. The maximum absolute atomic E-state index is 10.8.